The monoisotopic (exact) mass is 271 g/mol. The highest BCUT2D eigenvalue weighted by molar-refractivity contribution is 5.94. The zero-order valence-electron chi connectivity index (χ0n) is 11.6. The average Bonchev–Trinajstić information content (AvgIpc) is 2.92. The molecule has 3 rings (SSSR count). The second kappa shape index (κ2) is 5.03. The van der Waals surface area contributed by atoms with Crippen molar-refractivity contribution in [3.8, 4) is 5.69 Å². The summed E-state index contributed by atoms with van der Waals surface area (Å²) in [5, 5.41) is 14.1. The van der Waals surface area contributed by atoms with E-state index in [1.807, 2.05) is 19.1 Å². The zero-order valence-corrected chi connectivity index (χ0v) is 11.6. The summed E-state index contributed by atoms with van der Waals surface area (Å²) in [5.74, 6) is 1.38. The Hall–Kier alpha value is -2.24. The van der Waals surface area contributed by atoms with Crippen molar-refractivity contribution in [1.82, 2.24) is 25.5 Å². The highest BCUT2D eigenvalue weighted by Crippen LogP contribution is 2.36. The van der Waals surface area contributed by atoms with Gasteiger partial charge in [0.05, 0.1) is 5.69 Å². The normalized spacial score (nSPS) is 20.7. The maximum atomic E-state index is 12.1. The molecule has 0 spiro atoms. The van der Waals surface area contributed by atoms with Crippen LogP contribution in [0.5, 0.6) is 0 Å². The fraction of sp³-hybridized carbons (Fsp3) is 0.429. The standard InChI is InChI=1S/C14H17N5O/c1-9-5-12(9)7-15-14(20)11-3-4-13(10(2)6-11)19-8-16-17-18-19/h3-4,6,8-9,12H,5,7H2,1-2H3,(H,15,20)/t9-,12-/m0/s1. The Morgan fingerprint density at radius 3 is 2.90 bits per heavy atom. The number of nitrogens with one attached hydrogen (secondary N) is 1. The molecule has 2 atom stereocenters. The first-order valence-corrected chi connectivity index (χ1v) is 6.77. The van der Waals surface area contributed by atoms with E-state index in [4.69, 9.17) is 0 Å². The van der Waals surface area contributed by atoms with Crippen molar-refractivity contribution in [3.05, 3.63) is 35.7 Å². The van der Waals surface area contributed by atoms with E-state index < -0.39 is 0 Å². The lowest BCUT2D eigenvalue weighted by atomic mass is 10.1. The van der Waals surface area contributed by atoms with Crippen molar-refractivity contribution in [3.63, 3.8) is 0 Å². The summed E-state index contributed by atoms with van der Waals surface area (Å²) < 4.78 is 1.59. The molecule has 0 aliphatic heterocycles. The minimum absolute atomic E-state index is 0.0181. The minimum Gasteiger partial charge on any atom is -0.352 e. The van der Waals surface area contributed by atoms with E-state index in [-0.39, 0.29) is 5.91 Å². The molecule has 1 saturated carbocycles. The van der Waals surface area contributed by atoms with Crippen LogP contribution in [-0.4, -0.2) is 32.7 Å². The number of benzene rings is 1. The summed E-state index contributed by atoms with van der Waals surface area (Å²) in [5.41, 5.74) is 2.51. The Morgan fingerprint density at radius 2 is 2.30 bits per heavy atom. The van der Waals surface area contributed by atoms with Gasteiger partial charge in [-0.05, 0) is 59.4 Å². The summed E-state index contributed by atoms with van der Waals surface area (Å²) in [6.45, 7) is 4.92. The van der Waals surface area contributed by atoms with Crippen LogP contribution in [0.1, 0.15) is 29.3 Å². The van der Waals surface area contributed by atoms with Crippen LogP contribution in [0.25, 0.3) is 5.69 Å². The molecule has 1 aromatic carbocycles. The van der Waals surface area contributed by atoms with E-state index in [0.29, 0.717) is 11.5 Å². The van der Waals surface area contributed by atoms with Gasteiger partial charge in [0.2, 0.25) is 0 Å². The first kappa shape index (κ1) is 12.8. The van der Waals surface area contributed by atoms with E-state index in [9.17, 15) is 4.79 Å². The fourth-order valence-electron chi connectivity index (χ4n) is 2.33. The molecule has 104 valence electrons. The molecule has 0 bridgehead atoms. The number of aromatic nitrogens is 4. The molecule has 1 aliphatic rings. The molecule has 0 unspecified atom stereocenters. The fourth-order valence-corrected chi connectivity index (χ4v) is 2.33. The summed E-state index contributed by atoms with van der Waals surface area (Å²) in [6, 6.07) is 5.53. The van der Waals surface area contributed by atoms with Crippen molar-refractivity contribution in [2.45, 2.75) is 20.3 Å². The minimum atomic E-state index is -0.0181. The highest BCUT2D eigenvalue weighted by atomic mass is 16.1. The molecular formula is C14H17N5O. The van der Waals surface area contributed by atoms with Crippen LogP contribution in [0.4, 0.5) is 0 Å². The number of nitrogens with zero attached hydrogens (tertiary/aromatic N) is 4. The Morgan fingerprint density at radius 1 is 1.50 bits per heavy atom. The van der Waals surface area contributed by atoms with Crippen molar-refractivity contribution in [2.24, 2.45) is 11.8 Å². The van der Waals surface area contributed by atoms with E-state index in [1.54, 1.807) is 10.7 Å². The number of amides is 1. The van der Waals surface area contributed by atoms with Gasteiger partial charge in [0.15, 0.2) is 0 Å². The molecule has 1 aliphatic carbocycles. The van der Waals surface area contributed by atoms with Gasteiger partial charge in [-0.15, -0.1) is 5.10 Å². The quantitative estimate of drug-likeness (QED) is 0.911. The number of rotatable bonds is 4. The third kappa shape index (κ3) is 2.54. The molecule has 1 fully saturated rings. The number of carbonyl (C=O) groups is 1. The number of hydrogen-bond donors (Lipinski definition) is 1. The lowest BCUT2D eigenvalue weighted by molar-refractivity contribution is 0.0951. The summed E-state index contributed by atoms with van der Waals surface area (Å²) in [6.07, 6.45) is 2.76. The highest BCUT2D eigenvalue weighted by Gasteiger charge is 2.32. The van der Waals surface area contributed by atoms with Crippen molar-refractivity contribution >= 4 is 5.91 Å². The van der Waals surface area contributed by atoms with E-state index in [0.717, 1.165) is 23.7 Å². The lowest BCUT2D eigenvalue weighted by Crippen LogP contribution is -2.26. The molecular weight excluding hydrogens is 254 g/mol. The predicted octanol–water partition coefficient (Wildman–Crippen LogP) is 1.36. The Balaban J connectivity index is 1.71. The summed E-state index contributed by atoms with van der Waals surface area (Å²) >= 11 is 0. The van der Waals surface area contributed by atoms with Gasteiger partial charge in [0.25, 0.3) is 5.91 Å². The topological polar surface area (TPSA) is 72.7 Å². The van der Waals surface area contributed by atoms with Crippen LogP contribution >= 0.6 is 0 Å². The van der Waals surface area contributed by atoms with Gasteiger partial charge in [-0.2, -0.15) is 0 Å². The van der Waals surface area contributed by atoms with E-state index in [1.165, 1.54) is 12.7 Å². The molecule has 6 heteroatoms. The molecule has 6 nitrogen and oxygen atoms in total. The third-order valence-electron chi connectivity index (χ3n) is 3.86. The molecule has 1 N–H and O–H groups in total. The number of tetrazole rings is 1. The first-order chi connectivity index (χ1) is 9.65. The second-order valence-electron chi connectivity index (χ2n) is 5.44. The Kier molecular flexibility index (Phi) is 3.22. The van der Waals surface area contributed by atoms with Crippen molar-refractivity contribution < 1.29 is 4.79 Å². The second-order valence-corrected chi connectivity index (χ2v) is 5.44. The average molecular weight is 271 g/mol. The maximum Gasteiger partial charge on any atom is 0.251 e. The van der Waals surface area contributed by atoms with Gasteiger partial charge in [-0.1, -0.05) is 6.92 Å². The summed E-state index contributed by atoms with van der Waals surface area (Å²) in [7, 11) is 0. The lowest BCUT2D eigenvalue weighted by Gasteiger charge is -2.08. The SMILES string of the molecule is Cc1cc(C(=O)NC[C@@H]2C[C@@H]2C)ccc1-n1cnnn1. The number of aryl methyl sites for hydroxylation is 1. The molecule has 1 amide bonds. The van der Waals surface area contributed by atoms with Gasteiger partial charge < -0.3 is 5.32 Å². The molecule has 1 aromatic heterocycles. The Bertz CT molecular complexity index is 622. The molecule has 1 heterocycles. The maximum absolute atomic E-state index is 12.1. The van der Waals surface area contributed by atoms with Gasteiger partial charge >= 0.3 is 0 Å². The zero-order chi connectivity index (χ0) is 14.1. The largest absolute Gasteiger partial charge is 0.352 e. The van der Waals surface area contributed by atoms with Crippen LogP contribution in [0, 0.1) is 18.8 Å². The van der Waals surface area contributed by atoms with Crippen LogP contribution in [0.3, 0.4) is 0 Å². The van der Waals surface area contributed by atoms with Crippen LogP contribution in [0.15, 0.2) is 24.5 Å². The van der Waals surface area contributed by atoms with Gasteiger partial charge in [-0.3, -0.25) is 4.79 Å². The van der Waals surface area contributed by atoms with Crippen molar-refractivity contribution in [2.75, 3.05) is 6.54 Å². The van der Waals surface area contributed by atoms with Crippen molar-refractivity contribution in [1.29, 1.82) is 0 Å². The van der Waals surface area contributed by atoms with Crippen LogP contribution in [-0.2, 0) is 0 Å². The number of carbonyl (C=O) groups excluding carboxylic acids is 1. The molecule has 0 saturated heterocycles. The predicted molar refractivity (Wildman–Crippen MR) is 73.5 cm³/mol. The van der Waals surface area contributed by atoms with E-state index in [2.05, 4.69) is 27.8 Å². The smallest absolute Gasteiger partial charge is 0.251 e. The van der Waals surface area contributed by atoms with Gasteiger partial charge in [-0.25, -0.2) is 4.68 Å². The number of hydrogen-bond acceptors (Lipinski definition) is 4. The summed E-state index contributed by atoms with van der Waals surface area (Å²) in [4.78, 5) is 12.1. The Labute approximate surface area is 117 Å². The molecule has 0 radical (unpaired) electrons. The third-order valence-corrected chi connectivity index (χ3v) is 3.86. The molecule has 2 aromatic rings. The van der Waals surface area contributed by atoms with Gasteiger partial charge in [0.1, 0.15) is 6.33 Å². The first-order valence-electron chi connectivity index (χ1n) is 6.77. The van der Waals surface area contributed by atoms with Crippen LogP contribution < -0.4 is 5.32 Å². The van der Waals surface area contributed by atoms with Crippen LogP contribution in [0.2, 0.25) is 0 Å². The molecule has 20 heavy (non-hydrogen) atoms. The van der Waals surface area contributed by atoms with E-state index >= 15 is 0 Å². The van der Waals surface area contributed by atoms with Gasteiger partial charge in [0, 0.05) is 12.1 Å².